The van der Waals surface area contributed by atoms with Crippen LogP contribution in [-0.2, 0) is 9.53 Å². The van der Waals surface area contributed by atoms with Gasteiger partial charge in [0.1, 0.15) is 5.97 Å². The van der Waals surface area contributed by atoms with E-state index in [2.05, 4.69) is 4.74 Å². The molecule has 0 spiro atoms. The van der Waals surface area contributed by atoms with Crippen molar-refractivity contribution in [2.45, 2.75) is 12.0 Å². The average molecular weight is 227 g/mol. The van der Waals surface area contributed by atoms with E-state index in [4.69, 9.17) is 0 Å². The Hall–Kier alpha value is -1.98. The molecule has 0 aliphatic carbocycles. The summed E-state index contributed by atoms with van der Waals surface area (Å²) in [7, 11) is 0. The second-order valence-electron chi connectivity index (χ2n) is 3.28. The second-order valence-corrected chi connectivity index (χ2v) is 3.28. The van der Waals surface area contributed by atoms with Crippen LogP contribution in [0.5, 0.6) is 0 Å². The minimum Gasteiger partial charge on any atom is -0.544 e. The van der Waals surface area contributed by atoms with Crippen molar-refractivity contribution in [3.8, 4) is 0 Å². The number of aliphatic carboxylic acids is 1. The summed E-state index contributed by atoms with van der Waals surface area (Å²) >= 11 is 0. The van der Waals surface area contributed by atoms with Gasteiger partial charge in [-0.3, -0.25) is 0 Å². The first-order valence-corrected chi connectivity index (χ1v) is 4.33. The van der Waals surface area contributed by atoms with Crippen LogP contribution in [0.2, 0.25) is 0 Å². The molecule has 1 unspecified atom stereocenters. The van der Waals surface area contributed by atoms with E-state index in [0.29, 0.717) is 0 Å². The Kier molecular flexibility index (Phi) is 2.15. The lowest BCUT2D eigenvalue weighted by Crippen LogP contribution is -2.45. The smallest absolute Gasteiger partial charge is 0.339 e. The normalized spacial score (nSPS) is 19.1. The van der Waals surface area contributed by atoms with Crippen molar-refractivity contribution in [3.63, 3.8) is 0 Å². The summed E-state index contributed by atoms with van der Waals surface area (Å²) in [6.45, 7) is 0. The van der Waals surface area contributed by atoms with Crippen molar-refractivity contribution in [3.05, 3.63) is 35.4 Å². The summed E-state index contributed by atoms with van der Waals surface area (Å²) in [6.07, 6.45) is -2.11. The number of cyclic esters (lactones) is 1. The highest BCUT2D eigenvalue weighted by Crippen LogP contribution is 2.40. The van der Waals surface area contributed by atoms with E-state index in [1.54, 1.807) is 0 Å². The lowest BCUT2D eigenvalue weighted by atomic mass is 10.0. The van der Waals surface area contributed by atoms with Crippen LogP contribution >= 0.6 is 0 Å². The molecule has 1 heterocycles. The largest absolute Gasteiger partial charge is 0.544 e. The third-order valence-corrected chi connectivity index (χ3v) is 2.29. The molecule has 1 atom stereocenters. The van der Waals surface area contributed by atoms with E-state index in [-0.39, 0.29) is 11.1 Å². The standard InChI is InChI=1S/C10H6F2O4/c11-10(12,9(14)15)7-5-3-1-2-4-6(5)8(13)16-7/h1-4,7H,(H,14,15)/p-1. The monoisotopic (exact) mass is 227 g/mol. The fourth-order valence-corrected chi connectivity index (χ4v) is 1.52. The number of carbonyl (C=O) groups excluding carboxylic acids is 2. The van der Waals surface area contributed by atoms with Gasteiger partial charge >= 0.3 is 11.9 Å². The van der Waals surface area contributed by atoms with Crippen LogP contribution in [-0.4, -0.2) is 17.9 Å². The summed E-state index contributed by atoms with van der Waals surface area (Å²) in [5, 5.41) is 10.3. The predicted molar refractivity (Wildman–Crippen MR) is 44.6 cm³/mol. The Morgan fingerprint density at radius 3 is 2.62 bits per heavy atom. The highest BCUT2D eigenvalue weighted by molar-refractivity contribution is 5.95. The first kappa shape index (κ1) is 10.5. The summed E-state index contributed by atoms with van der Waals surface area (Å²) in [5.41, 5.74) is -0.185. The van der Waals surface area contributed by atoms with Gasteiger partial charge in [0.15, 0.2) is 6.10 Å². The van der Waals surface area contributed by atoms with E-state index in [1.165, 1.54) is 24.3 Å². The molecule has 0 bridgehead atoms. The van der Waals surface area contributed by atoms with Gasteiger partial charge in [0, 0.05) is 5.56 Å². The maximum atomic E-state index is 13.2. The Morgan fingerprint density at radius 1 is 1.38 bits per heavy atom. The Morgan fingerprint density at radius 2 is 2.00 bits per heavy atom. The van der Waals surface area contributed by atoms with Crippen molar-refractivity contribution in [1.82, 2.24) is 0 Å². The van der Waals surface area contributed by atoms with Gasteiger partial charge in [-0.1, -0.05) is 18.2 Å². The highest BCUT2D eigenvalue weighted by atomic mass is 19.3. The topological polar surface area (TPSA) is 66.4 Å². The minimum absolute atomic E-state index is 0.0478. The van der Waals surface area contributed by atoms with Gasteiger partial charge in [-0.15, -0.1) is 0 Å². The quantitative estimate of drug-likeness (QED) is 0.681. The fourth-order valence-electron chi connectivity index (χ4n) is 1.52. The van der Waals surface area contributed by atoms with Gasteiger partial charge in [0.25, 0.3) is 0 Å². The molecular formula is C10H5F2O4-. The van der Waals surface area contributed by atoms with Crippen molar-refractivity contribution in [2.24, 2.45) is 0 Å². The van der Waals surface area contributed by atoms with Gasteiger partial charge in [-0.2, -0.15) is 8.78 Å². The zero-order valence-electron chi connectivity index (χ0n) is 7.78. The van der Waals surface area contributed by atoms with Crippen LogP contribution in [0.15, 0.2) is 24.3 Å². The molecule has 0 saturated heterocycles. The van der Waals surface area contributed by atoms with Crippen LogP contribution in [0.3, 0.4) is 0 Å². The molecule has 0 saturated carbocycles. The first-order chi connectivity index (χ1) is 7.44. The Balaban J connectivity index is 2.49. The van der Waals surface area contributed by atoms with Crippen molar-refractivity contribution < 1.29 is 28.2 Å². The number of hydrogen-bond donors (Lipinski definition) is 0. The highest BCUT2D eigenvalue weighted by Gasteiger charge is 2.50. The third-order valence-electron chi connectivity index (χ3n) is 2.29. The zero-order valence-corrected chi connectivity index (χ0v) is 7.78. The van der Waals surface area contributed by atoms with Crippen LogP contribution in [0.4, 0.5) is 8.78 Å². The molecule has 4 nitrogen and oxygen atoms in total. The first-order valence-electron chi connectivity index (χ1n) is 4.33. The van der Waals surface area contributed by atoms with Gasteiger partial charge in [-0.05, 0) is 6.07 Å². The number of rotatable bonds is 2. The second kappa shape index (κ2) is 3.26. The van der Waals surface area contributed by atoms with Gasteiger partial charge in [0.05, 0.1) is 5.56 Å². The molecule has 84 valence electrons. The number of alkyl halides is 2. The molecule has 0 N–H and O–H groups in total. The van der Waals surface area contributed by atoms with Crippen LogP contribution < -0.4 is 5.11 Å². The van der Waals surface area contributed by atoms with Crippen LogP contribution in [0.1, 0.15) is 22.0 Å². The van der Waals surface area contributed by atoms with Crippen molar-refractivity contribution in [2.75, 3.05) is 0 Å². The summed E-state index contributed by atoms with van der Waals surface area (Å²) in [4.78, 5) is 21.4. The van der Waals surface area contributed by atoms with Crippen LogP contribution in [0, 0.1) is 0 Å². The molecule has 0 aromatic heterocycles. The van der Waals surface area contributed by atoms with E-state index in [9.17, 15) is 23.5 Å². The van der Waals surface area contributed by atoms with Crippen molar-refractivity contribution in [1.29, 1.82) is 0 Å². The number of carboxylic acid groups (broad SMARTS) is 1. The Labute approximate surface area is 88.4 Å². The van der Waals surface area contributed by atoms with E-state index < -0.39 is 24.0 Å². The maximum Gasteiger partial charge on any atom is 0.339 e. The van der Waals surface area contributed by atoms with Gasteiger partial charge in [-0.25, -0.2) is 4.79 Å². The SMILES string of the molecule is O=C1OC(C(F)(F)C(=O)[O-])c2ccccc21. The van der Waals surface area contributed by atoms with E-state index in [0.717, 1.165) is 0 Å². The molecule has 0 radical (unpaired) electrons. The molecule has 0 amide bonds. The fraction of sp³-hybridized carbons (Fsp3) is 0.200. The molecule has 16 heavy (non-hydrogen) atoms. The molecule has 1 aliphatic heterocycles. The number of carboxylic acids is 1. The number of halogens is 2. The maximum absolute atomic E-state index is 13.2. The number of fused-ring (bicyclic) bond motifs is 1. The van der Waals surface area contributed by atoms with E-state index >= 15 is 0 Å². The molecule has 1 aromatic carbocycles. The van der Waals surface area contributed by atoms with Crippen molar-refractivity contribution >= 4 is 11.9 Å². The average Bonchev–Trinajstić information content (AvgIpc) is 2.57. The van der Waals surface area contributed by atoms with Crippen LogP contribution in [0.25, 0.3) is 0 Å². The Bertz CT molecular complexity index is 470. The summed E-state index contributed by atoms with van der Waals surface area (Å²) in [6, 6.07) is 5.41. The number of benzene rings is 1. The molecule has 6 heteroatoms. The molecule has 2 rings (SSSR count). The molecule has 1 aliphatic rings. The summed E-state index contributed by atoms with van der Waals surface area (Å²) < 4.78 is 30.7. The minimum atomic E-state index is -4.23. The number of ether oxygens (including phenoxy) is 1. The molecular weight excluding hydrogens is 222 g/mol. The number of carbonyl (C=O) groups is 2. The molecule has 0 fully saturated rings. The molecule has 1 aromatic rings. The number of esters is 1. The predicted octanol–water partition coefficient (Wildman–Crippen LogP) is 0.283. The lowest BCUT2D eigenvalue weighted by Gasteiger charge is -2.23. The summed E-state index contributed by atoms with van der Waals surface area (Å²) in [5.74, 6) is -7.76. The van der Waals surface area contributed by atoms with Gasteiger partial charge in [0.2, 0.25) is 0 Å². The van der Waals surface area contributed by atoms with E-state index in [1.807, 2.05) is 0 Å². The van der Waals surface area contributed by atoms with Gasteiger partial charge < -0.3 is 14.6 Å². The zero-order chi connectivity index (χ0) is 11.9. The third kappa shape index (κ3) is 1.34. The number of hydrogen-bond acceptors (Lipinski definition) is 4. The lowest BCUT2D eigenvalue weighted by molar-refractivity contribution is -0.336.